The van der Waals surface area contributed by atoms with Crippen LogP contribution in [0.5, 0.6) is 0 Å². The van der Waals surface area contributed by atoms with Gasteiger partial charge in [-0.1, -0.05) is 6.07 Å². The van der Waals surface area contributed by atoms with Crippen LogP contribution >= 0.6 is 0 Å². The Balaban J connectivity index is 2.03. The number of hydrogen-bond donors (Lipinski definition) is 1. The first-order valence-electron chi connectivity index (χ1n) is 8.31. The monoisotopic (exact) mass is 342 g/mol. The van der Waals surface area contributed by atoms with Crippen LogP contribution in [0.4, 0.5) is 0 Å². The van der Waals surface area contributed by atoms with Gasteiger partial charge in [0.2, 0.25) is 5.91 Å². The van der Waals surface area contributed by atoms with Gasteiger partial charge in [-0.15, -0.1) is 0 Å². The molecule has 1 amide bonds. The van der Waals surface area contributed by atoms with E-state index in [1.807, 2.05) is 27.0 Å². The number of aryl methyl sites for hydroxylation is 2. The number of aromatic nitrogens is 3. The molecule has 2 atom stereocenters. The molecular weight excluding hydrogens is 320 g/mol. The number of carboxylic acids is 1. The highest BCUT2D eigenvalue weighted by Gasteiger charge is 2.41. The van der Waals surface area contributed by atoms with E-state index in [0.717, 1.165) is 22.5 Å². The second-order valence-electron chi connectivity index (χ2n) is 6.51. The van der Waals surface area contributed by atoms with Crippen LogP contribution in [-0.2, 0) is 23.2 Å². The molecule has 0 bridgehead atoms. The van der Waals surface area contributed by atoms with E-state index in [2.05, 4.69) is 10.1 Å². The summed E-state index contributed by atoms with van der Waals surface area (Å²) < 4.78 is 1.78. The minimum Gasteiger partial charge on any atom is -0.481 e. The van der Waals surface area contributed by atoms with Crippen molar-refractivity contribution in [2.24, 2.45) is 13.0 Å². The van der Waals surface area contributed by atoms with Gasteiger partial charge >= 0.3 is 5.97 Å². The zero-order valence-electron chi connectivity index (χ0n) is 14.6. The number of carboxylic acid groups (broad SMARTS) is 1. The van der Waals surface area contributed by atoms with Crippen LogP contribution in [0.3, 0.4) is 0 Å². The summed E-state index contributed by atoms with van der Waals surface area (Å²) in [6.07, 6.45) is 3.88. The Labute approximate surface area is 146 Å². The van der Waals surface area contributed by atoms with Gasteiger partial charge in [-0.2, -0.15) is 5.10 Å². The number of likely N-dealkylation sites (tertiary alicyclic amines) is 1. The highest BCUT2D eigenvalue weighted by atomic mass is 16.4. The molecule has 1 aliphatic rings. The van der Waals surface area contributed by atoms with Gasteiger partial charge in [-0.3, -0.25) is 19.3 Å². The summed E-state index contributed by atoms with van der Waals surface area (Å²) in [7, 11) is 1.86. The lowest BCUT2D eigenvalue weighted by Gasteiger charge is -2.39. The van der Waals surface area contributed by atoms with E-state index in [4.69, 9.17) is 0 Å². The molecule has 3 heterocycles. The number of pyridine rings is 1. The number of carbonyl (C=O) groups excluding carboxylic acids is 1. The Hall–Kier alpha value is -2.70. The average Bonchev–Trinajstić information content (AvgIpc) is 2.83. The van der Waals surface area contributed by atoms with E-state index in [0.29, 0.717) is 13.0 Å². The van der Waals surface area contributed by atoms with Gasteiger partial charge in [0.05, 0.1) is 17.7 Å². The molecule has 1 fully saturated rings. The molecule has 0 aliphatic carbocycles. The molecule has 7 nitrogen and oxygen atoms in total. The Morgan fingerprint density at radius 1 is 1.40 bits per heavy atom. The van der Waals surface area contributed by atoms with Crippen molar-refractivity contribution in [2.45, 2.75) is 39.3 Å². The SMILES string of the molecule is Cc1nn(C)c(C)c1CN1C(=O)CC[C@H](C(=O)O)[C@@H]1c1cccnc1. The van der Waals surface area contributed by atoms with Gasteiger partial charge < -0.3 is 10.0 Å². The average molecular weight is 342 g/mol. The third-order valence-electron chi connectivity index (χ3n) is 5.04. The fourth-order valence-corrected chi connectivity index (χ4v) is 3.58. The number of hydrogen-bond acceptors (Lipinski definition) is 4. The summed E-state index contributed by atoms with van der Waals surface area (Å²) in [5, 5.41) is 14.1. The van der Waals surface area contributed by atoms with Crippen LogP contribution in [0.2, 0.25) is 0 Å². The zero-order valence-corrected chi connectivity index (χ0v) is 14.6. The fourth-order valence-electron chi connectivity index (χ4n) is 3.58. The first-order chi connectivity index (χ1) is 11.9. The van der Waals surface area contributed by atoms with Crippen LogP contribution in [0, 0.1) is 19.8 Å². The van der Waals surface area contributed by atoms with E-state index in [1.165, 1.54) is 0 Å². The number of carbonyl (C=O) groups is 2. The first-order valence-corrected chi connectivity index (χ1v) is 8.31. The van der Waals surface area contributed by atoms with Gasteiger partial charge in [0, 0.05) is 43.7 Å². The molecule has 2 aromatic heterocycles. The molecular formula is C18H22N4O3. The van der Waals surface area contributed by atoms with E-state index in [1.54, 1.807) is 28.0 Å². The largest absolute Gasteiger partial charge is 0.481 e. The normalized spacial score (nSPS) is 20.8. The number of amides is 1. The van der Waals surface area contributed by atoms with E-state index < -0.39 is 17.9 Å². The minimum atomic E-state index is -0.883. The Bertz CT molecular complexity index is 800. The van der Waals surface area contributed by atoms with Crippen molar-refractivity contribution in [3.05, 3.63) is 47.0 Å². The standard InChI is InChI=1S/C18H22N4O3/c1-11-15(12(2)21(3)20-11)10-22-16(23)7-6-14(18(24)25)17(22)13-5-4-8-19-9-13/h4-5,8-9,14,17H,6-7,10H2,1-3H3,(H,24,25)/t14-,17-/m0/s1. The highest BCUT2D eigenvalue weighted by molar-refractivity contribution is 5.81. The van der Waals surface area contributed by atoms with Crippen molar-refractivity contribution >= 4 is 11.9 Å². The molecule has 2 aromatic rings. The molecule has 7 heteroatoms. The van der Waals surface area contributed by atoms with Crippen LogP contribution in [0.15, 0.2) is 24.5 Å². The minimum absolute atomic E-state index is 0.0333. The molecule has 0 unspecified atom stereocenters. The molecule has 0 aromatic carbocycles. The maximum Gasteiger partial charge on any atom is 0.308 e. The summed E-state index contributed by atoms with van der Waals surface area (Å²) in [6.45, 7) is 4.22. The molecule has 25 heavy (non-hydrogen) atoms. The Morgan fingerprint density at radius 2 is 2.16 bits per heavy atom. The third-order valence-corrected chi connectivity index (χ3v) is 5.04. The number of rotatable bonds is 4. The van der Waals surface area contributed by atoms with Gasteiger partial charge in [0.15, 0.2) is 0 Å². The number of nitrogens with zero attached hydrogens (tertiary/aromatic N) is 4. The smallest absolute Gasteiger partial charge is 0.308 e. The van der Waals surface area contributed by atoms with E-state index in [9.17, 15) is 14.7 Å². The van der Waals surface area contributed by atoms with Crippen molar-refractivity contribution in [1.29, 1.82) is 0 Å². The van der Waals surface area contributed by atoms with E-state index in [-0.39, 0.29) is 12.3 Å². The van der Waals surface area contributed by atoms with Gasteiger partial charge in [-0.25, -0.2) is 0 Å². The summed E-state index contributed by atoms with van der Waals surface area (Å²) in [4.78, 5) is 30.3. The molecule has 1 saturated heterocycles. The highest BCUT2D eigenvalue weighted by Crippen LogP contribution is 2.38. The van der Waals surface area contributed by atoms with Crippen molar-refractivity contribution < 1.29 is 14.7 Å². The predicted octanol–water partition coefficient (Wildman–Crippen LogP) is 2.00. The van der Waals surface area contributed by atoms with E-state index >= 15 is 0 Å². The van der Waals surface area contributed by atoms with Gasteiger partial charge in [0.25, 0.3) is 0 Å². The summed E-state index contributed by atoms with van der Waals surface area (Å²) in [5.41, 5.74) is 3.56. The van der Waals surface area contributed by atoms with Crippen LogP contribution in [0.1, 0.15) is 41.4 Å². The first kappa shape index (κ1) is 17.1. The summed E-state index contributed by atoms with van der Waals surface area (Å²) in [6, 6.07) is 3.08. The molecule has 1 N–H and O–H groups in total. The lowest BCUT2D eigenvalue weighted by Crippen LogP contribution is -2.45. The summed E-state index contributed by atoms with van der Waals surface area (Å²) >= 11 is 0. The maximum atomic E-state index is 12.7. The lowest BCUT2D eigenvalue weighted by atomic mass is 9.84. The van der Waals surface area contributed by atoms with Crippen molar-refractivity contribution in [3.63, 3.8) is 0 Å². The fraction of sp³-hybridized carbons (Fsp3) is 0.444. The Morgan fingerprint density at radius 3 is 2.72 bits per heavy atom. The topological polar surface area (TPSA) is 88.3 Å². The third kappa shape index (κ3) is 3.14. The molecule has 0 saturated carbocycles. The molecule has 0 radical (unpaired) electrons. The van der Waals surface area contributed by atoms with Crippen molar-refractivity contribution in [2.75, 3.05) is 0 Å². The molecule has 1 aliphatic heterocycles. The number of piperidine rings is 1. The van der Waals surface area contributed by atoms with Crippen LogP contribution in [-0.4, -0.2) is 36.6 Å². The summed E-state index contributed by atoms with van der Waals surface area (Å²) in [5.74, 6) is -1.56. The van der Waals surface area contributed by atoms with Crippen LogP contribution < -0.4 is 0 Å². The second kappa shape index (κ2) is 6.66. The van der Waals surface area contributed by atoms with Gasteiger partial charge in [0.1, 0.15) is 0 Å². The second-order valence-corrected chi connectivity index (χ2v) is 6.51. The number of aliphatic carboxylic acids is 1. The Kier molecular flexibility index (Phi) is 4.57. The van der Waals surface area contributed by atoms with Crippen LogP contribution in [0.25, 0.3) is 0 Å². The van der Waals surface area contributed by atoms with Crippen molar-refractivity contribution in [1.82, 2.24) is 19.7 Å². The predicted molar refractivity (Wildman–Crippen MR) is 90.6 cm³/mol. The lowest BCUT2D eigenvalue weighted by molar-refractivity contribution is -0.152. The molecule has 132 valence electrons. The molecule has 0 spiro atoms. The van der Waals surface area contributed by atoms with Crippen molar-refractivity contribution in [3.8, 4) is 0 Å². The molecule has 3 rings (SSSR count). The maximum absolute atomic E-state index is 12.7. The zero-order chi connectivity index (χ0) is 18.1. The van der Waals surface area contributed by atoms with Gasteiger partial charge in [-0.05, 0) is 31.9 Å². The quantitative estimate of drug-likeness (QED) is 0.918.